The van der Waals surface area contributed by atoms with Crippen LogP contribution in [0.2, 0.25) is 0 Å². The third-order valence-electron chi connectivity index (χ3n) is 5.91. The quantitative estimate of drug-likeness (QED) is 0.857. The zero-order valence-electron chi connectivity index (χ0n) is 14.9. The molecule has 2 fully saturated rings. The van der Waals surface area contributed by atoms with Gasteiger partial charge in [-0.15, -0.1) is 0 Å². The van der Waals surface area contributed by atoms with E-state index in [1.807, 2.05) is 18.1 Å². The van der Waals surface area contributed by atoms with Crippen molar-refractivity contribution in [1.29, 1.82) is 0 Å². The van der Waals surface area contributed by atoms with Crippen LogP contribution in [0.1, 0.15) is 24.0 Å². The number of methoxy groups -OCH3 is 1. The van der Waals surface area contributed by atoms with Gasteiger partial charge in [-0.3, -0.25) is 4.90 Å². The van der Waals surface area contributed by atoms with Gasteiger partial charge >= 0.3 is 0 Å². The van der Waals surface area contributed by atoms with Crippen molar-refractivity contribution in [2.75, 3.05) is 39.5 Å². The summed E-state index contributed by atoms with van der Waals surface area (Å²) >= 11 is 1.89. The molecule has 2 saturated heterocycles. The Morgan fingerprint density at radius 2 is 2.04 bits per heavy atom. The normalized spacial score (nSPS) is 21.3. The fraction of sp³-hybridized carbons (Fsp3) is 0.579. The van der Waals surface area contributed by atoms with Crippen molar-refractivity contribution >= 4 is 22.9 Å². The molecule has 2 aliphatic heterocycles. The molecule has 0 radical (unpaired) electrons. The number of likely N-dealkylation sites (tertiary alicyclic amines) is 1. The lowest BCUT2D eigenvalue weighted by molar-refractivity contribution is 0.00424. The number of aromatic amines is 1. The standard InChI is InChI=1S/C19H27N3OS/c1-14-10-17(23-2)16(15-4-7-20-18(14)15)11-21-8-5-19(6-9-21)12-22(13-19)24-3/h4,7,10,20H,5-6,8-9,11-13H2,1-3H3. The van der Waals surface area contributed by atoms with E-state index in [0.29, 0.717) is 5.41 Å². The maximum atomic E-state index is 5.70. The number of aromatic nitrogens is 1. The highest BCUT2D eigenvalue weighted by atomic mass is 32.2. The largest absolute Gasteiger partial charge is 0.496 e. The summed E-state index contributed by atoms with van der Waals surface area (Å²) in [6, 6.07) is 4.36. The number of rotatable bonds is 4. The molecule has 0 atom stereocenters. The van der Waals surface area contributed by atoms with Crippen LogP contribution in [0.5, 0.6) is 5.75 Å². The van der Waals surface area contributed by atoms with Crippen molar-refractivity contribution in [2.45, 2.75) is 26.3 Å². The van der Waals surface area contributed by atoms with Crippen LogP contribution in [0.4, 0.5) is 0 Å². The van der Waals surface area contributed by atoms with E-state index >= 15 is 0 Å². The first kappa shape index (κ1) is 16.3. The third-order valence-corrected chi connectivity index (χ3v) is 6.69. The number of nitrogens with one attached hydrogen (secondary N) is 1. The molecule has 3 heterocycles. The van der Waals surface area contributed by atoms with Gasteiger partial charge in [-0.1, -0.05) is 11.9 Å². The first-order valence-electron chi connectivity index (χ1n) is 8.79. The van der Waals surface area contributed by atoms with Crippen LogP contribution in [-0.4, -0.2) is 53.7 Å². The molecule has 24 heavy (non-hydrogen) atoms. The van der Waals surface area contributed by atoms with Gasteiger partial charge in [-0.25, -0.2) is 4.31 Å². The Morgan fingerprint density at radius 3 is 2.71 bits per heavy atom. The van der Waals surface area contributed by atoms with E-state index in [1.54, 1.807) is 7.11 Å². The SMILES string of the molecule is COc1cc(C)c2[nH]ccc2c1CN1CCC2(CC1)CN(SC)C2. The number of fused-ring (bicyclic) bond motifs is 1. The van der Waals surface area contributed by atoms with E-state index in [9.17, 15) is 0 Å². The van der Waals surface area contributed by atoms with Gasteiger partial charge in [0.25, 0.3) is 0 Å². The van der Waals surface area contributed by atoms with Crippen molar-refractivity contribution in [2.24, 2.45) is 5.41 Å². The van der Waals surface area contributed by atoms with Crippen molar-refractivity contribution in [3.63, 3.8) is 0 Å². The fourth-order valence-corrected chi connectivity index (χ4v) is 5.14. The lowest BCUT2D eigenvalue weighted by Gasteiger charge is -2.53. The van der Waals surface area contributed by atoms with Crippen LogP contribution in [0.15, 0.2) is 18.3 Å². The Morgan fingerprint density at radius 1 is 1.29 bits per heavy atom. The molecule has 0 unspecified atom stereocenters. The second kappa shape index (κ2) is 6.28. The number of hydrogen-bond donors (Lipinski definition) is 1. The molecule has 0 amide bonds. The maximum absolute atomic E-state index is 5.70. The highest BCUT2D eigenvalue weighted by molar-refractivity contribution is 7.96. The van der Waals surface area contributed by atoms with E-state index in [-0.39, 0.29) is 0 Å². The molecule has 130 valence electrons. The lowest BCUT2D eigenvalue weighted by atomic mass is 9.73. The van der Waals surface area contributed by atoms with Crippen molar-refractivity contribution in [3.8, 4) is 5.75 Å². The number of benzene rings is 1. The van der Waals surface area contributed by atoms with E-state index < -0.39 is 0 Å². The van der Waals surface area contributed by atoms with E-state index in [1.165, 1.54) is 61.1 Å². The number of H-pyrrole nitrogens is 1. The Labute approximate surface area is 148 Å². The predicted octanol–water partition coefficient (Wildman–Crippen LogP) is 3.66. The van der Waals surface area contributed by atoms with Crippen LogP contribution in [-0.2, 0) is 6.54 Å². The zero-order chi connectivity index (χ0) is 16.7. The summed E-state index contributed by atoms with van der Waals surface area (Å²) in [5.74, 6) is 1.03. The van der Waals surface area contributed by atoms with Crippen LogP contribution < -0.4 is 4.74 Å². The van der Waals surface area contributed by atoms with Crippen molar-refractivity contribution in [1.82, 2.24) is 14.2 Å². The highest BCUT2D eigenvalue weighted by Crippen LogP contribution is 2.43. The van der Waals surface area contributed by atoms with Crippen LogP contribution in [0.3, 0.4) is 0 Å². The summed E-state index contributed by atoms with van der Waals surface area (Å²) in [4.78, 5) is 5.98. The van der Waals surface area contributed by atoms with E-state index in [2.05, 4.69) is 39.5 Å². The minimum Gasteiger partial charge on any atom is -0.496 e. The number of hydrogen-bond acceptors (Lipinski definition) is 4. The van der Waals surface area contributed by atoms with Crippen LogP contribution in [0, 0.1) is 12.3 Å². The monoisotopic (exact) mass is 345 g/mol. The molecular formula is C19H27N3OS. The molecule has 2 aliphatic rings. The van der Waals surface area contributed by atoms with Gasteiger partial charge in [0.15, 0.2) is 0 Å². The van der Waals surface area contributed by atoms with Crippen LogP contribution in [0.25, 0.3) is 10.9 Å². The number of piperidine rings is 1. The Balaban J connectivity index is 1.50. The summed E-state index contributed by atoms with van der Waals surface area (Å²) in [6.45, 7) is 8.08. The first-order valence-corrected chi connectivity index (χ1v) is 9.97. The molecule has 4 rings (SSSR count). The third kappa shape index (κ3) is 2.72. The molecule has 2 aromatic rings. The summed E-state index contributed by atoms with van der Waals surface area (Å²) in [5, 5.41) is 1.31. The number of aryl methyl sites for hydroxylation is 1. The Bertz CT molecular complexity index is 726. The van der Waals surface area contributed by atoms with Crippen LogP contribution >= 0.6 is 11.9 Å². The van der Waals surface area contributed by atoms with Gasteiger partial charge < -0.3 is 9.72 Å². The lowest BCUT2D eigenvalue weighted by Crippen LogP contribution is -2.57. The topological polar surface area (TPSA) is 31.5 Å². The number of ether oxygens (including phenoxy) is 1. The van der Waals surface area contributed by atoms with Crippen molar-refractivity contribution in [3.05, 3.63) is 29.5 Å². The van der Waals surface area contributed by atoms with Gasteiger partial charge in [0.1, 0.15) is 5.75 Å². The summed E-state index contributed by atoms with van der Waals surface area (Å²) in [5.41, 5.74) is 4.42. The fourth-order valence-electron chi connectivity index (χ4n) is 4.34. The Hall–Kier alpha value is -1.17. The van der Waals surface area contributed by atoms with Gasteiger partial charge in [-0.2, -0.15) is 0 Å². The van der Waals surface area contributed by atoms with Gasteiger partial charge in [0.2, 0.25) is 0 Å². The molecule has 0 saturated carbocycles. The smallest absolute Gasteiger partial charge is 0.124 e. The average Bonchev–Trinajstić information content (AvgIpc) is 3.06. The molecule has 1 N–H and O–H groups in total. The molecule has 4 nitrogen and oxygen atoms in total. The molecule has 1 spiro atoms. The molecular weight excluding hydrogens is 318 g/mol. The molecule has 0 bridgehead atoms. The van der Waals surface area contributed by atoms with Gasteiger partial charge in [-0.05, 0) is 56.8 Å². The summed E-state index contributed by atoms with van der Waals surface area (Å²) < 4.78 is 8.19. The summed E-state index contributed by atoms with van der Waals surface area (Å²) in [6.07, 6.45) is 6.88. The Kier molecular flexibility index (Phi) is 4.27. The van der Waals surface area contributed by atoms with Crippen molar-refractivity contribution < 1.29 is 4.74 Å². The molecule has 1 aromatic carbocycles. The predicted molar refractivity (Wildman–Crippen MR) is 102 cm³/mol. The molecule has 0 aliphatic carbocycles. The van der Waals surface area contributed by atoms with E-state index in [0.717, 1.165) is 12.3 Å². The minimum atomic E-state index is 0.597. The molecule has 1 aromatic heterocycles. The highest BCUT2D eigenvalue weighted by Gasteiger charge is 2.44. The zero-order valence-corrected chi connectivity index (χ0v) is 15.7. The maximum Gasteiger partial charge on any atom is 0.124 e. The molecule has 5 heteroatoms. The summed E-state index contributed by atoms with van der Waals surface area (Å²) in [7, 11) is 1.79. The second-order valence-corrected chi connectivity index (χ2v) is 8.28. The van der Waals surface area contributed by atoms with Gasteiger partial charge in [0.05, 0.1) is 7.11 Å². The average molecular weight is 346 g/mol. The minimum absolute atomic E-state index is 0.597. The van der Waals surface area contributed by atoms with Gasteiger partial charge in [0, 0.05) is 47.7 Å². The first-order chi connectivity index (χ1) is 11.6. The second-order valence-electron chi connectivity index (χ2n) is 7.40. The number of nitrogens with zero attached hydrogens (tertiary/aromatic N) is 2. The van der Waals surface area contributed by atoms with E-state index in [4.69, 9.17) is 4.74 Å².